The standard InChI is InChI=1S/C7H11NO2/c1-5(7(8)9)2-3-6-4-10-6/h2,6H,3-4H2,1H3,(H2,8,9). The zero-order chi connectivity index (χ0) is 7.56. The van der Waals surface area contributed by atoms with Crippen molar-refractivity contribution < 1.29 is 9.53 Å². The predicted octanol–water partition coefficient (Wildman–Crippen LogP) is 0.207. The van der Waals surface area contributed by atoms with E-state index < -0.39 is 0 Å². The van der Waals surface area contributed by atoms with Gasteiger partial charge in [0.2, 0.25) is 5.91 Å². The lowest BCUT2D eigenvalue weighted by atomic mass is 10.2. The molecule has 3 heteroatoms. The number of epoxide rings is 1. The molecule has 0 saturated carbocycles. The van der Waals surface area contributed by atoms with Gasteiger partial charge in [0.25, 0.3) is 0 Å². The highest BCUT2D eigenvalue weighted by Gasteiger charge is 2.20. The van der Waals surface area contributed by atoms with Gasteiger partial charge in [-0.2, -0.15) is 0 Å². The van der Waals surface area contributed by atoms with E-state index in [1.54, 1.807) is 6.92 Å². The third-order valence-electron chi connectivity index (χ3n) is 1.48. The maximum atomic E-state index is 10.4. The van der Waals surface area contributed by atoms with Gasteiger partial charge in [-0.3, -0.25) is 4.79 Å². The Morgan fingerprint density at radius 3 is 2.90 bits per heavy atom. The molecular formula is C7H11NO2. The molecule has 1 saturated heterocycles. The van der Waals surface area contributed by atoms with E-state index in [0.717, 1.165) is 13.0 Å². The number of rotatable bonds is 3. The van der Waals surface area contributed by atoms with Crippen molar-refractivity contribution in [2.45, 2.75) is 19.4 Å². The number of primary amides is 1. The van der Waals surface area contributed by atoms with Crippen molar-refractivity contribution >= 4 is 5.91 Å². The minimum absolute atomic E-state index is 0.342. The molecule has 0 aromatic rings. The Morgan fingerprint density at radius 2 is 2.50 bits per heavy atom. The molecule has 2 N–H and O–H groups in total. The number of carbonyl (C=O) groups excluding carboxylic acids is 1. The largest absolute Gasteiger partial charge is 0.373 e. The van der Waals surface area contributed by atoms with Crippen LogP contribution in [0.1, 0.15) is 13.3 Å². The van der Waals surface area contributed by atoms with Crippen LogP contribution in [0.25, 0.3) is 0 Å². The molecule has 1 aliphatic rings. The van der Waals surface area contributed by atoms with Crippen LogP contribution in [0.4, 0.5) is 0 Å². The maximum absolute atomic E-state index is 10.4. The van der Waals surface area contributed by atoms with E-state index in [-0.39, 0.29) is 5.91 Å². The first-order chi connectivity index (χ1) is 4.70. The minimum Gasteiger partial charge on any atom is -0.373 e. The summed E-state index contributed by atoms with van der Waals surface area (Å²) in [5, 5.41) is 0. The molecule has 56 valence electrons. The van der Waals surface area contributed by atoms with Crippen LogP contribution in [0.2, 0.25) is 0 Å². The molecule has 0 aliphatic carbocycles. The molecular weight excluding hydrogens is 130 g/mol. The molecule has 1 fully saturated rings. The van der Waals surface area contributed by atoms with Crippen LogP contribution in [0.15, 0.2) is 11.6 Å². The molecule has 1 rings (SSSR count). The van der Waals surface area contributed by atoms with E-state index >= 15 is 0 Å². The SMILES string of the molecule is CC(=CCC1CO1)C(N)=O. The number of ether oxygens (including phenoxy) is 1. The lowest BCUT2D eigenvalue weighted by Gasteiger charge is -1.90. The summed E-state index contributed by atoms with van der Waals surface area (Å²) in [7, 11) is 0. The summed E-state index contributed by atoms with van der Waals surface area (Å²) in [6, 6.07) is 0. The summed E-state index contributed by atoms with van der Waals surface area (Å²) in [4.78, 5) is 10.4. The normalized spacial score (nSPS) is 24.5. The number of amides is 1. The highest BCUT2D eigenvalue weighted by atomic mass is 16.6. The highest BCUT2D eigenvalue weighted by Crippen LogP contribution is 2.14. The number of hydrogen-bond acceptors (Lipinski definition) is 2. The predicted molar refractivity (Wildman–Crippen MR) is 37.3 cm³/mol. The molecule has 1 aliphatic heterocycles. The molecule has 0 aromatic heterocycles. The minimum atomic E-state index is -0.347. The van der Waals surface area contributed by atoms with Gasteiger partial charge in [-0.15, -0.1) is 0 Å². The molecule has 1 unspecified atom stereocenters. The second kappa shape index (κ2) is 2.84. The van der Waals surface area contributed by atoms with Gasteiger partial charge < -0.3 is 10.5 Å². The fourth-order valence-electron chi connectivity index (χ4n) is 0.613. The molecule has 1 atom stereocenters. The molecule has 3 nitrogen and oxygen atoms in total. The molecule has 0 bridgehead atoms. The van der Waals surface area contributed by atoms with Crippen LogP contribution in [-0.4, -0.2) is 18.6 Å². The number of hydrogen-bond donors (Lipinski definition) is 1. The van der Waals surface area contributed by atoms with Crippen molar-refractivity contribution in [2.75, 3.05) is 6.61 Å². The maximum Gasteiger partial charge on any atom is 0.244 e. The Kier molecular flexibility index (Phi) is 2.06. The third kappa shape index (κ3) is 2.19. The summed E-state index contributed by atoms with van der Waals surface area (Å²) < 4.78 is 4.94. The fraction of sp³-hybridized carbons (Fsp3) is 0.571. The molecule has 0 radical (unpaired) electrons. The average molecular weight is 141 g/mol. The third-order valence-corrected chi connectivity index (χ3v) is 1.48. The second-order valence-electron chi connectivity index (χ2n) is 2.44. The average Bonchev–Trinajstić information content (AvgIpc) is 2.64. The van der Waals surface area contributed by atoms with Gasteiger partial charge in [0, 0.05) is 5.57 Å². The Bertz CT molecular complexity index is 170. The molecule has 1 heterocycles. The Morgan fingerprint density at radius 1 is 1.90 bits per heavy atom. The van der Waals surface area contributed by atoms with Crippen molar-refractivity contribution in [3.8, 4) is 0 Å². The van der Waals surface area contributed by atoms with Crippen LogP contribution >= 0.6 is 0 Å². The Labute approximate surface area is 59.8 Å². The van der Waals surface area contributed by atoms with Gasteiger partial charge in [-0.25, -0.2) is 0 Å². The zero-order valence-electron chi connectivity index (χ0n) is 5.96. The van der Waals surface area contributed by atoms with Crippen LogP contribution in [0.3, 0.4) is 0 Å². The first-order valence-electron chi connectivity index (χ1n) is 3.28. The van der Waals surface area contributed by atoms with Crippen LogP contribution < -0.4 is 5.73 Å². The summed E-state index contributed by atoms with van der Waals surface area (Å²) in [6.45, 7) is 2.53. The van der Waals surface area contributed by atoms with E-state index in [4.69, 9.17) is 10.5 Å². The number of carbonyl (C=O) groups is 1. The van der Waals surface area contributed by atoms with Gasteiger partial charge in [-0.1, -0.05) is 6.08 Å². The number of nitrogens with two attached hydrogens (primary N) is 1. The smallest absolute Gasteiger partial charge is 0.244 e. The van der Waals surface area contributed by atoms with Crippen LogP contribution in [0.5, 0.6) is 0 Å². The first-order valence-corrected chi connectivity index (χ1v) is 3.28. The van der Waals surface area contributed by atoms with Gasteiger partial charge in [-0.05, 0) is 13.3 Å². The lowest BCUT2D eigenvalue weighted by Crippen LogP contribution is -2.11. The van der Waals surface area contributed by atoms with Crippen molar-refractivity contribution in [1.82, 2.24) is 0 Å². The lowest BCUT2D eigenvalue weighted by molar-refractivity contribution is -0.114. The van der Waals surface area contributed by atoms with Gasteiger partial charge in [0.15, 0.2) is 0 Å². The van der Waals surface area contributed by atoms with E-state index in [1.165, 1.54) is 0 Å². The quantitative estimate of drug-likeness (QED) is 0.451. The fourth-order valence-corrected chi connectivity index (χ4v) is 0.613. The molecule has 0 aromatic carbocycles. The van der Waals surface area contributed by atoms with Crippen molar-refractivity contribution in [1.29, 1.82) is 0 Å². The van der Waals surface area contributed by atoms with Gasteiger partial charge in [0.1, 0.15) is 0 Å². The second-order valence-corrected chi connectivity index (χ2v) is 2.44. The van der Waals surface area contributed by atoms with Crippen molar-refractivity contribution in [2.24, 2.45) is 5.73 Å². The van der Waals surface area contributed by atoms with Crippen LogP contribution in [0, 0.1) is 0 Å². The first kappa shape index (κ1) is 7.28. The molecule has 0 spiro atoms. The highest BCUT2D eigenvalue weighted by molar-refractivity contribution is 5.91. The van der Waals surface area contributed by atoms with Crippen molar-refractivity contribution in [3.05, 3.63) is 11.6 Å². The van der Waals surface area contributed by atoms with E-state index in [1.807, 2.05) is 6.08 Å². The van der Waals surface area contributed by atoms with Gasteiger partial charge in [0.05, 0.1) is 12.7 Å². The van der Waals surface area contributed by atoms with E-state index in [2.05, 4.69) is 0 Å². The summed E-state index contributed by atoms with van der Waals surface area (Å²) >= 11 is 0. The van der Waals surface area contributed by atoms with Crippen molar-refractivity contribution in [3.63, 3.8) is 0 Å². The van der Waals surface area contributed by atoms with E-state index in [0.29, 0.717) is 11.7 Å². The monoisotopic (exact) mass is 141 g/mol. The Hall–Kier alpha value is -0.830. The topological polar surface area (TPSA) is 55.6 Å². The van der Waals surface area contributed by atoms with Crippen LogP contribution in [-0.2, 0) is 9.53 Å². The summed E-state index contributed by atoms with van der Waals surface area (Å²) in [5.41, 5.74) is 5.62. The van der Waals surface area contributed by atoms with Gasteiger partial charge >= 0.3 is 0 Å². The molecule has 10 heavy (non-hydrogen) atoms. The van der Waals surface area contributed by atoms with E-state index in [9.17, 15) is 4.79 Å². The Balaban J connectivity index is 2.29. The summed E-state index contributed by atoms with van der Waals surface area (Å²) in [5.74, 6) is -0.347. The zero-order valence-corrected chi connectivity index (χ0v) is 5.96. The molecule has 1 amide bonds. The summed E-state index contributed by atoms with van der Waals surface area (Å²) in [6.07, 6.45) is 2.98.